The second-order valence-corrected chi connectivity index (χ2v) is 8.04. The highest BCUT2D eigenvalue weighted by molar-refractivity contribution is 5.95. The van der Waals surface area contributed by atoms with Crippen molar-refractivity contribution >= 4 is 5.91 Å². The number of rotatable bonds is 7. The lowest BCUT2D eigenvalue weighted by Crippen LogP contribution is -2.27. The summed E-state index contributed by atoms with van der Waals surface area (Å²) < 4.78 is 13.0. The number of aromatic nitrogens is 1. The molecular weight excluding hydrogens is 388 g/mol. The number of aryl methyl sites for hydroxylation is 2. The molecule has 0 fully saturated rings. The van der Waals surface area contributed by atoms with E-state index in [4.69, 9.17) is 9.47 Å². The van der Waals surface area contributed by atoms with Gasteiger partial charge in [0.15, 0.2) is 11.5 Å². The summed E-state index contributed by atoms with van der Waals surface area (Å²) in [6.45, 7) is 8.75. The lowest BCUT2D eigenvalue weighted by molar-refractivity contribution is 0.0784. The van der Waals surface area contributed by atoms with Crippen molar-refractivity contribution in [2.45, 2.75) is 40.3 Å². The molecule has 0 radical (unpaired) electrons. The molecule has 0 saturated carbocycles. The van der Waals surface area contributed by atoms with Gasteiger partial charge in [0.1, 0.15) is 0 Å². The zero-order valence-corrected chi connectivity index (χ0v) is 19.5. The number of ether oxygens (including phenoxy) is 2. The van der Waals surface area contributed by atoms with E-state index in [0.717, 1.165) is 28.1 Å². The number of benzene rings is 2. The summed E-state index contributed by atoms with van der Waals surface area (Å²) in [6, 6.07) is 16.4. The van der Waals surface area contributed by atoms with E-state index in [1.807, 2.05) is 57.3 Å². The van der Waals surface area contributed by atoms with Crippen LogP contribution in [0.1, 0.15) is 51.4 Å². The van der Waals surface area contributed by atoms with Gasteiger partial charge in [0.25, 0.3) is 5.91 Å². The van der Waals surface area contributed by atoms with E-state index in [9.17, 15) is 4.79 Å². The minimum absolute atomic E-state index is 0.00814. The molecule has 0 aliphatic rings. The van der Waals surface area contributed by atoms with Crippen molar-refractivity contribution in [3.63, 3.8) is 0 Å². The molecule has 164 valence electrons. The fourth-order valence-corrected chi connectivity index (χ4v) is 4.20. The Bertz CT molecular complexity index is 1070. The van der Waals surface area contributed by atoms with Crippen molar-refractivity contribution in [2.75, 3.05) is 21.3 Å². The van der Waals surface area contributed by atoms with Gasteiger partial charge in [0.2, 0.25) is 0 Å². The van der Waals surface area contributed by atoms with E-state index in [2.05, 4.69) is 30.5 Å². The number of nitrogens with zero attached hydrogens (tertiary/aromatic N) is 2. The minimum Gasteiger partial charge on any atom is -0.493 e. The molecule has 0 N–H and O–H groups in total. The third-order valence-corrected chi connectivity index (χ3v) is 5.98. The lowest BCUT2D eigenvalue weighted by Gasteiger charge is -2.21. The first kappa shape index (κ1) is 22.5. The van der Waals surface area contributed by atoms with Crippen LogP contribution in [0, 0.1) is 20.8 Å². The predicted octanol–water partition coefficient (Wildman–Crippen LogP) is 5.31. The Kier molecular flexibility index (Phi) is 6.74. The van der Waals surface area contributed by atoms with Crippen molar-refractivity contribution in [3.05, 3.63) is 82.2 Å². The van der Waals surface area contributed by atoms with Crippen molar-refractivity contribution in [1.82, 2.24) is 9.47 Å². The van der Waals surface area contributed by atoms with E-state index in [1.165, 1.54) is 5.56 Å². The molecule has 3 rings (SSSR count). The monoisotopic (exact) mass is 420 g/mol. The lowest BCUT2D eigenvalue weighted by atomic mass is 10.1. The van der Waals surface area contributed by atoms with Gasteiger partial charge in [-0.15, -0.1) is 0 Å². The summed E-state index contributed by atoms with van der Waals surface area (Å²) in [7, 11) is 5.08. The smallest absolute Gasteiger partial charge is 0.255 e. The van der Waals surface area contributed by atoms with E-state index < -0.39 is 0 Å². The van der Waals surface area contributed by atoms with E-state index >= 15 is 0 Å². The second kappa shape index (κ2) is 9.29. The summed E-state index contributed by atoms with van der Waals surface area (Å²) in [5.41, 5.74) is 6.10. The van der Waals surface area contributed by atoms with Crippen LogP contribution in [0.2, 0.25) is 0 Å². The number of carbonyl (C=O) groups excluding carboxylic acids is 1. The Morgan fingerprint density at radius 1 is 1.00 bits per heavy atom. The van der Waals surface area contributed by atoms with Gasteiger partial charge in [0.05, 0.1) is 25.8 Å². The Hall–Kier alpha value is -3.21. The summed E-state index contributed by atoms with van der Waals surface area (Å²) in [4.78, 5) is 15.1. The molecule has 2 aromatic carbocycles. The van der Waals surface area contributed by atoms with Crippen LogP contribution in [-0.2, 0) is 6.54 Å². The fourth-order valence-electron chi connectivity index (χ4n) is 4.20. The largest absolute Gasteiger partial charge is 0.493 e. The highest BCUT2D eigenvalue weighted by Crippen LogP contribution is 2.31. The second-order valence-electron chi connectivity index (χ2n) is 8.04. The average molecular weight is 421 g/mol. The van der Waals surface area contributed by atoms with Gasteiger partial charge in [-0.1, -0.05) is 30.3 Å². The first-order valence-electron chi connectivity index (χ1n) is 10.5. The molecule has 0 bridgehead atoms. The first-order chi connectivity index (χ1) is 14.8. The maximum Gasteiger partial charge on any atom is 0.255 e. The van der Waals surface area contributed by atoms with Crippen LogP contribution in [0.5, 0.6) is 11.5 Å². The molecule has 1 aromatic heterocycles. The quantitative estimate of drug-likeness (QED) is 0.520. The summed E-state index contributed by atoms with van der Waals surface area (Å²) in [6.07, 6.45) is 0. The van der Waals surface area contributed by atoms with Crippen molar-refractivity contribution in [2.24, 2.45) is 0 Å². The fraction of sp³-hybridized carbons (Fsp3) is 0.346. The summed E-state index contributed by atoms with van der Waals surface area (Å²) in [5.74, 6) is 1.36. The molecule has 0 aliphatic carbocycles. The number of carbonyl (C=O) groups is 1. The van der Waals surface area contributed by atoms with Crippen LogP contribution < -0.4 is 9.47 Å². The molecule has 1 heterocycles. The molecule has 5 nitrogen and oxygen atoms in total. The molecule has 0 spiro atoms. The molecule has 0 saturated heterocycles. The van der Waals surface area contributed by atoms with E-state index in [-0.39, 0.29) is 11.9 Å². The summed E-state index contributed by atoms with van der Waals surface area (Å²) >= 11 is 0. The third-order valence-electron chi connectivity index (χ3n) is 5.98. The third kappa shape index (κ3) is 4.46. The topological polar surface area (TPSA) is 43.7 Å². The predicted molar refractivity (Wildman–Crippen MR) is 124 cm³/mol. The summed E-state index contributed by atoms with van der Waals surface area (Å²) in [5, 5.41) is 0. The van der Waals surface area contributed by atoms with Crippen LogP contribution in [-0.4, -0.2) is 36.6 Å². The number of hydrogen-bond acceptors (Lipinski definition) is 3. The highest BCUT2D eigenvalue weighted by Gasteiger charge is 2.22. The van der Waals surface area contributed by atoms with Crippen molar-refractivity contribution in [3.8, 4) is 11.5 Å². The zero-order valence-electron chi connectivity index (χ0n) is 19.5. The van der Waals surface area contributed by atoms with Crippen LogP contribution in [0.25, 0.3) is 0 Å². The van der Waals surface area contributed by atoms with Gasteiger partial charge in [0, 0.05) is 25.0 Å². The maximum absolute atomic E-state index is 13.3. The van der Waals surface area contributed by atoms with Gasteiger partial charge in [-0.3, -0.25) is 4.79 Å². The standard InChI is InChI=1S/C26H32N2O3/c1-17-13-24(30-6)25(31-7)15-22(17)16-27(5)26(29)23-14-18(2)28(20(23)4)19(3)21-11-9-8-10-12-21/h8-15,19H,16H2,1-7H3. The minimum atomic E-state index is 0.00814. The Morgan fingerprint density at radius 3 is 2.23 bits per heavy atom. The van der Waals surface area contributed by atoms with E-state index in [0.29, 0.717) is 18.0 Å². The Labute approximate surface area is 185 Å². The normalized spacial score (nSPS) is 11.8. The van der Waals surface area contributed by atoms with Crippen LogP contribution in [0.15, 0.2) is 48.5 Å². The van der Waals surface area contributed by atoms with Gasteiger partial charge in [-0.05, 0) is 62.6 Å². The number of methoxy groups -OCH3 is 2. The Balaban J connectivity index is 1.87. The van der Waals surface area contributed by atoms with E-state index in [1.54, 1.807) is 19.1 Å². The van der Waals surface area contributed by atoms with Gasteiger partial charge >= 0.3 is 0 Å². The molecule has 3 aromatic rings. The van der Waals surface area contributed by atoms with Gasteiger partial charge in [-0.25, -0.2) is 0 Å². The molecule has 5 heteroatoms. The zero-order chi connectivity index (χ0) is 22.7. The highest BCUT2D eigenvalue weighted by atomic mass is 16.5. The molecular formula is C26H32N2O3. The molecule has 1 atom stereocenters. The van der Waals surface area contributed by atoms with Gasteiger partial charge < -0.3 is 18.9 Å². The molecule has 0 aliphatic heterocycles. The van der Waals surface area contributed by atoms with Crippen molar-refractivity contribution < 1.29 is 14.3 Å². The van der Waals surface area contributed by atoms with Crippen molar-refractivity contribution in [1.29, 1.82) is 0 Å². The van der Waals surface area contributed by atoms with Crippen LogP contribution in [0.3, 0.4) is 0 Å². The molecule has 31 heavy (non-hydrogen) atoms. The SMILES string of the molecule is COc1cc(C)c(CN(C)C(=O)c2cc(C)n(C(C)c3ccccc3)c2C)cc1OC. The van der Waals surface area contributed by atoms with Crippen LogP contribution in [0.4, 0.5) is 0 Å². The van der Waals surface area contributed by atoms with Gasteiger partial charge in [-0.2, -0.15) is 0 Å². The average Bonchev–Trinajstić information content (AvgIpc) is 3.07. The molecule has 1 amide bonds. The Morgan fingerprint density at radius 2 is 1.61 bits per heavy atom. The maximum atomic E-state index is 13.3. The first-order valence-corrected chi connectivity index (χ1v) is 10.5. The number of amides is 1. The number of hydrogen-bond donors (Lipinski definition) is 0. The molecule has 1 unspecified atom stereocenters. The van der Waals surface area contributed by atoms with Crippen LogP contribution >= 0.6 is 0 Å².